The van der Waals surface area contributed by atoms with Crippen molar-refractivity contribution in [2.45, 2.75) is 31.5 Å². The van der Waals surface area contributed by atoms with Gasteiger partial charge in [0.2, 0.25) is 5.95 Å². The lowest BCUT2D eigenvalue weighted by molar-refractivity contribution is 0.166. The van der Waals surface area contributed by atoms with Crippen molar-refractivity contribution < 1.29 is 5.11 Å². The number of imidazole rings is 2. The van der Waals surface area contributed by atoms with E-state index in [1.807, 2.05) is 30.2 Å². The normalized spacial score (nSPS) is 24.3. The molecule has 7 heteroatoms. The standard InChI is InChI=1S/C16H20N6O/c1-21-14-2-3-17-8-13(14)20-16(21)19-12-6-11(7-15(12)23)9-22-5-4-18-10-22/h2-5,8,10-12,15,23H,6-7,9H2,1H3,(H,19,20)/t11?,12-,15-/m1/s1. The number of hydrogen-bond donors (Lipinski definition) is 2. The molecular weight excluding hydrogens is 292 g/mol. The van der Waals surface area contributed by atoms with Crippen molar-refractivity contribution in [3.8, 4) is 0 Å². The first kappa shape index (κ1) is 14.2. The Balaban J connectivity index is 1.48. The molecule has 4 rings (SSSR count). The average Bonchev–Trinajstić information content (AvgIpc) is 3.23. The van der Waals surface area contributed by atoms with Crippen molar-refractivity contribution in [2.75, 3.05) is 5.32 Å². The van der Waals surface area contributed by atoms with Gasteiger partial charge < -0.3 is 19.6 Å². The Hall–Kier alpha value is -2.41. The third-order valence-electron chi connectivity index (χ3n) is 4.65. The summed E-state index contributed by atoms with van der Waals surface area (Å²) in [4.78, 5) is 12.8. The van der Waals surface area contributed by atoms with Crippen molar-refractivity contribution >= 4 is 17.0 Å². The minimum Gasteiger partial charge on any atom is -0.391 e. The third kappa shape index (κ3) is 2.68. The van der Waals surface area contributed by atoms with Gasteiger partial charge in [-0.05, 0) is 24.8 Å². The van der Waals surface area contributed by atoms with Gasteiger partial charge in [0.1, 0.15) is 5.52 Å². The molecule has 1 aliphatic carbocycles. The number of aliphatic hydroxyl groups excluding tert-OH is 1. The lowest BCUT2D eigenvalue weighted by atomic mass is 10.1. The molecular formula is C16H20N6O. The van der Waals surface area contributed by atoms with Crippen LogP contribution in [0.5, 0.6) is 0 Å². The van der Waals surface area contributed by atoms with E-state index in [0.29, 0.717) is 5.92 Å². The summed E-state index contributed by atoms with van der Waals surface area (Å²) in [6.07, 6.45) is 10.4. The molecule has 3 aromatic heterocycles. The molecule has 1 saturated carbocycles. The maximum atomic E-state index is 10.4. The Morgan fingerprint density at radius 1 is 1.30 bits per heavy atom. The molecule has 120 valence electrons. The van der Waals surface area contributed by atoms with Crippen LogP contribution in [0.4, 0.5) is 5.95 Å². The molecule has 3 heterocycles. The number of nitrogens with zero attached hydrogens (tertiary/aromatic N) is 5. The van der Waals surface area contributed by atoms with Gasteiger partial charge in [-0.3, -0.25) is 4.98 Å². The van der Waals surface area contributed by atoms with Gasteiger partial charge >= 0.3 is 0 Å². The second-order valence-corrected chi connectivity index (χ2v) is 6.27. The van der Waals surface area contributed by atoms with Gasteiger partial charge in [-0.1, -0.05) is 0 Å². The van der Waals surface area contributed by atoms with Gasteiger partial charge in [0.05, 0.1) is 30.2 Å². The summed E-state index contributed by atoms with van der Waals surface area (Å²) in [7, 11) is 1.97. The van der Waals surface area contributed by atoms with Crippen molar-refractivity contribution in [1.29, 1.82) is 0 Å². The fourth-order valence-corrected chi connectivity index (χ4v) is 3.46. The van der Waals surface area contributed by atoms with E-state index < -0.39 is 0 Å². The molecule has 0 spiro atoms. The van der Waals surface area contributed by atoms with Crippen LogP contribution in [-0.2, 0) is 13.6 Å². The number of fused-ring (bicyclic) bond motifs is 1. The topological polar surface area (TPSA) is 80.8 Å². The fraction of sp³-hybridized carbons (Fsp3) is 0.438. The Kier molecular flexibility index (Phi) is 3.49. The summed E-state index contributed by atoms with van der Waals surface area (Å²) < 4.78 is 4.08. The van der Waals surface area contributed by atoms with Gasteiger partial charge in [-0.2, -0.15) is 0 Å². The lowest BCUT2D eigenvalue weighted by Gasteiger charge is -2.17. The Labute approximate surface area is 134 Å². The summed E-state index contributed by atoms with van der Waals surface area (Å²) >= 11 is 0. The number of aryl methyl sites for hydroxylation is 1. The largest absolute Gasteiger partial charge is 0.391 e. The van der Waals surface area contributed by atoms with Gasteiger partial charge in [0.15, 0.2) is 0 Å². The van der Waals surface area contributed by atoms with Crippen LogP contribution in [-0.4, -0.2) is 41.3 Å². The van der Waals surface area contributed by atoms with E-state index in [-0.39, 0.29) is 12.1 Å². The first-order valence-corrected chi connectivity index (χ1v) is 7.87. The molecule has 1 fully saturated rings. The van der Waals surface area contributed by atoms with Gasteiger partial charge in [0.25, 0.3) is 0 Å². The summed E-state index contributed by atoms with van der Waals surface area (Å²) in [6.45, 7) is 0.891. The monoisotopic (exact) mass is 312 g/mol. The number of aromatic nitrogens is 5. The predicted octanol–water partition coefficient (Wildman–Crippen LogP) is 1.42. The second-order valence-electron chi connectivity index (χ2n) is 6.27. The maximum Gasteiger partial charge on any atom is 0.203 e. The van der Waals surface area contributed by atoms with E-state index in [0.717, 1.165) is 36.4 Å². The van der Waals surface area contributed by atoms with E-state index in [2.05, 4.69) is 24.8 Å². The number of nitrogens with one attached hydrogen (secondary N) is 1. The number of hydrogen-bond acceptors (Lipinski definition) is 5. The first-order valence-electron chi connectivity index (χ1n) is 7.87. The number of rotatable bonds is 4. The third-order valence-corrected chi connectivity index (χ3v) is 4.65. The summed E-state index contributed by atoms with van der Waals surface area (Å²) in [5, 5.41) is 13.8. The smallest absolute Gasteiger partial charge is 0.203 e. The number of anilines is 1. The van der Waals surface area contributed by atoms with Crippen LogP contribution in [0, 0.1) is 5.92 Å². The second kappa shape index (κ2) is 5.66. The molecule has 0 bridgehead atoms. The minimum atomic E-state index is -0.360. The molecule has 23 heavy (non-hydrogen) atoms. The van der Waals surface area contributed by atoms with E-state index in [1.54, 1.807) is 18.6 Å². The molecule has 1 unspecified atom stereocenters. The van der Waals surface area contributed by atoms with Crippen molar-refractivity contribution in [2.24, 2.45) is 13.0 Å². The molecule has 7 nitrogen and oxygen atoms in total. The van der Waals surface area contributed by atoms with E-state index in [9.17, 15) is 5.11 Å². The number of pyridine rings is 1. The van der Waals surface area contributed by atoms with Crippen LogP contribution < -0.4 is 5.32 Å². The predicted molar refractivity (Wildman–Crippen MR) is 86.9 cm³/mol. The molecule has 2 N–H and O–H groups in total. The highest BCUT2D eigenvalue weighted by Crippen LogP contribution is 2.30. The first-order chi connectivity index (χ1) is 11.2. The molecule has 3 atom stereocenters. The van der Waals surface area contributed by atoms with E-state index in [1.165, 1.54) is 0 Å². The highest BCUT2D eigenvalue weighted by Gasteiger charge is 2.33. The summed E-state index contributed by atoms with van der Waals surface area (Å²) in [5.74, 6) is 1.22. The Bertz CT molecular complexity index is 796. The van der Waals surface area contributed by atoms with Gasteiger partial charge in [-0.15, -0.1) is 0 Å². The van der Waals surface area contributed by atoms with E-state index in [4.69, 9.17) is 0 Å². The Morgan fingerprint density at radius 2 is 2.22 bits per heavy atom. The summed E-state index contributed by atoms with van der Waals surface area (Å²) in [6, 6.07) is 1.97. The molecule has 3 aromatic rings. The van der Waals surface area contributed by atoms with Crippen LogP contribution in [0.25, 0.3) is 11.0 Å². The molecule has 0 aliphatic heterocycles. The van der Waals surface area contributed by atoms with Crippen LogP contribution in [0.15, 0.2) is 37.2 Å². The molecule has 1 aliphatic rings. The zero-order chi connectivity index (χ0) is 15.8. The van der Waals surface area contributed by atoms with Crippen LogP contribution >= 0.6 is 0 Å². The summed E-state index contributed by atoms with van der Waals surface area (Å²) in [5.41, 5.74) is 1.89. The highest BCUT2D eigenvalue weighted by atomic mass is 16.3. The quantitative estimate of drug-likeness (QED) is 0.761. The maximum absolute atomic E-state index is 10.4. The zero-order valence-electron chi connectivity index (χ0n) is 13.0. The Morgan fingerprint density at radius 3 is 3.00 bits per heavy atom. The zero-order valence-corrected chi connectivity index (χ0v) is 13.0. The van der Waals surface area contributed by atoms with Crippen molar-refractivity contribution in [1.82, 2.24) is 24.1 Å². The van der Waals surface area contributed by atoms with Crippen molar-refractivity contribution in [3.63, 3.8) is 0 Å². The molecule has 0 amide bonds. The number of aliphatic hydroxyl groups is 1. The van der Waals surface area contributed by atoms with E-state index >= 15 is 0 Å². The fourth-order valence-electron chi connectivity index (χ4n) is 3.46. The van der Waals surface area contributed by atoms with Gasteiger partial charge in [-0.25, -0.2) is 9.97 Å². The van der Waals surface area contributed by atoms with Gasteiger partial charge in [0, 0.05) is 32.2 Å². The highest BCUT2D eigenvalue weighted by molar-refractivity contribution is 5.77. The molecule has 0 radical (unpaired) electrons. The van der Waals surface area contributed by atoms with Crippen LogP contribution in [0.1, 0.15) is 12.8 Å². The minimum absolute atomic E-state index is 0.0204. The average molecular weight is 312 g/mol. The lowest BCUT2D eigenvalue weighted by Crippen LogP contribution is -2.29. The molecule has 0 aromatic carbocycles. The SMILES string of the molecule is Cn1c(N[C@@H]2CC(Cn3ccnc3)C[C@H]2O)nc2cnccc21. The van der Waals surface area contributed by atoms with Crippen molar-refractivity contribution in [3.05, 3.63) is 37.2 Å². The molecule has 0 saturated heterocycles. The van der Waals surface area contributed by atoms with Crippen LogP contribution in [0.2, 0.25) is 0 Å². The van der Waals surface area contributed by atoms with Crippen LogP contribution in [0.3, 0.4) is 0 Å².